The maximum absolute atomic E-state index is 10.3. The van der Waals surface area contributed by atoms with Gasteiger partial charge in [0.05, 0.1) is 0 Å². The number of aryl methyl sites for hydroxylation is 2. The second-order valence-electron chi connectivity index (χ2n) is 8.64. The lowest BCUT2D eigenvalue weighted by Crippen LogP contribution is -2.47. The monoisotopic (exact) mass is 462 g/mol. The maximum Gasteiger partial charge on any atom is 0.120 e. The molecule has 0 saturated carbocycles. The van der Waals surface area contributed by atoms with Crippen molar-refractivity contribution in [2.75, 3.05) is 39.4 Å². The number of aliphatic hydroxyl groups excluding tert-OH is 2. The molecule has 0 bridgehead atoms. The molecule has 3 rings (SSSR count). The van der Waals surface area contributed by atoms with Crippen molar-refractivity contribution < 1.29 is 19.7 Å². The zero-order valence-electron chi connectivity index (χ0n) is 19.0. The summed E-state index contributed by atoms with van der Waals surface area (Å²) < 4.78 is 11.3. The Balaban J connectivity index is 1.28. The lowest BCUT2D eigenvalue weighted by molar-refractivity contribution is 0.0556. The number of nitrogens with zero attached hydrogens (tertiary/aromatic N) is 1. The van der Waals surface area contributed by atoms with Crippen molar-refractivity contribution in [3.63, 3.8) is 0 Å². The van der Waals surface area contributed by atoms with E-state index in [1.807, 2.05) is 50.2 Å². The highest BCUT2D eigenvalue weighted by atomic mass is 35.5. The Bertz CT molecular complexity index is 825. The van der Waals surface area contributed by atoms with Gasteiger partial charge in [0.2, 0.25) is 0 Å². The van der Waals surface area contributed by atoms with Gasteiger partial charge in [0.1, 0.15) is 36.9 Å². The van der Waals surface area contributed by atoms with Gasteiger partial charge in [-0.3, -0.25) is 0 Å². The fraction of sp³-hybridized carbons (Fsp3) is 0.520. The molecule has 2 aromatic carbocycles. The van der Waals surface area contributed by atoms with E-state index >= 15 is 0 Å². The normalized spacial score (nSPS) is 17.2. The van der Waals surface area contributed by atoms with E-state index in [1.54, 1.807) is 6.07 Å². The van der Waals surface area contributed by atoms with Crippen molar-refractivity contribution >= 4 is 11.6 Å². The Morgan fingerprint density at radius 3 is 2.28 bits per heavy atom. The van der Waals surface area contributed by atoms with E-state index in [2.05, 4.69) is 10.2 Å². The number of likely N-dealkylation sites (tertiary alicyclic amines) is 1. The molecule has 1 fully saturated rings. The van der Waals surface area contributed by atoms with Crippen LogP contribution in [-0.2, 0) is 0 Å². The number of hydrogen-bond acceptors (Lipinski definition) is 6. The fourth-order valence-electron chi connectivity index (χ4n) is 3.71. The minimum absolute atomic E-state index is 0.241. The van der Waals surface area contributed by atoms with Gasteiger partial charge in [0, 0.05) is 24.2 Å². The SMILES string of the molecule is Cc1ccc(OC[C@@H](O)CNC2CCN(C[C@@H](O)COc3ccc(C)c(Cl)c3)CC2)cc1. The van der Waals surface area contributed by atoms with E-state index in [-0.39, 0.29) is 13.2 Å². The van der Waals surface area contributed by atoms with Crippen LogP contribution >= 0.6 is 11.6 Å². The van der Waals surface area contributed by atoms with Crippen LogP contribution in [0.1, 0.15) is 24.0 Å². The van der Waals surface area contributed by atoms with Crippen LogP contribution in [0.5, 0.6) is 11.5 Å². The molecular weight excluding hydrogens is 428 g/mol. The van der Waals surface area contributed by atoms with Gasteiger partial charge in [-0.25, -0.2) is 0 Å². The molecule has 1 heterocycles. The molecule has 0 aromatic heterocycles. The topological polar surface area (TPSA) is 74.2 Å². The minimum Gasteiger partial charge on any atom is -0.491 e. The molecule has 0 aliphatic carbocycles. The van der Waals surface area contributed by atoms with Gasteiger partial charge in [0.15, 0.2) is 0 Å². The van der Waals surface area contributed by atoms with Crippen LogP contribution in [-0.4, -0.2) is 72.8 Å². The van der Waals surface area contributed by atoms with Gasteiger partial charge in [-0.15, -0.1) is 0 Å². The predicted octanol–water partition coefficient (Wildman–Crippen LogP) is 3.19. The van der Waals surface area contributed by atoms with Gasteiger partial charge >= 0.3 is 0 Å². The molecule has 2 atom stereocenters. The highest BCUT2D eigenvalue weighted by molar-refractivity contribution is 6.31. The molecule has 0 amide bonds. The molecule has 2 aromatic rings. The van der Waals surface area contributed by atoms with E-state index in [9.17, 15) is 10.2 Å². The summed E-state index contributed by atoms with van der Waals surface area (Å²) >= 11 is 6.12. The van der Waals surface area contributed by atoms with Gasteiger partial charge in [0.25, 0.3) is 0 Å². The molecule has 0 spiro atoms. The van der Waals surface area contributed by atoms with E-state index in [1.165, 1.54) is 5.56 Å². The first-order valence-corrected chi connectivity index (χ1v) is 11.7. The summed E-state index contributed by atoms with van der Waals surface area (Å²) in [5.74, 6) is 1.45. The smallest absolute Gasteiger partial charge is 0.120 e. The summed E-state index contributed by atoms with van der Waals surface area (Å²) in [6.07, 6.45) is 0.850. The molecule has 6 nitrogen and oxygen atoms in total. The molecule has 0 radical (unpaired) electrons. The molecule has 1 aliphatic heterocycles. The van der Waals surface area contributed by atoms with Crippen molar-refractivity contribution in [3.05, 3.63) is 58.6 Å². The Kier molecular flexibility index (Phi) is 9.63. The Morgan fingerprint density at radius 2 is 1.59 bits per heavy atom. The van der Waals surface area contributed by atoms with E-state index in [0.717, 1.165) is 37.2 Å². The van der Waals surface area contributed by atoms with Crippen LogP contribution in [0.25, 0.3) is 0 Å². The van der Waals surface area contributed by atoms with Crippen LogP contribution < -0.4 is 14.8 Å². The summed E-state index contributed by atoms with van der Waals surface area (Å²) in [5, 5.41) is 24.6. The lowest BCUT2D eigenvalue weighted by atomic mass is 10.0. The number of halogens is 1. The molecular formula is C25H35ClN2O4. The first-order chi connectivity index (χ1) is 15.4. The molecule has 1 aliphatic rings. The van der Waals surface area contributed by atoms with Crippen LogP contribution in [0.15, 0.2) is 42.5 Å². The van der Waals surface area contributed by atoms with Gasteiger partial charge in [-0.05, 0) is 69.6 Å². The minimum atomic E-state index is -0.555. The Morgan fingerprint density at radius 1 is 0.969 bits per heavy atom. The summed E-state index contributed by atoms with van der Waals surface area (Å²) in [4.78, 5) is 2.26. The third-order valence-electron chi connectivity index (χ3n) is 5.75. The van der Waals surface area contributed by atoms with Crippen LogP contribution in [0.3, 0.4) is 0 Å². The van der Waals surface area contributed by atoms with Crippen molar-refractivity contribution in [2.45, 2.75) is 44.9 Å². The average molecular weight is 463 g/mol. The first-order valence-electron chi connectivity index (χ1n) is 11.3. The number of hydrogen-bond donors (Lipinski definition) is 3. The number of β-amino-alcohol motifs (C(OH)–C–C–N with tert-alkyl or cyclic N) is 1. The second-order valence-corrected chi connectivity index (χ2v) is 9.04. The lowest BCUT2D eigenvalue weighted by Gasteiger charge is -2.33. The van der Waals surface area contributed by atoms with Crippen LogP contribution in [0.2, 0.25) is 5.02 Å². The van der Waals surface area contributed by atoms with Crippen LogP contribution in [0, 0.1) is 13.8 Å². The zero-order valence-corrected chi connectivity index (χ0v) is 19.7. The predicted molar refractivity (Wildman–Crippen MR) is 128 cm³/mol. The van der Waals surface area contributed by atoms with Crippen LogP contribution in [0.4, 0.5) is 0 Å². The van der Waals surface area contributed by atoms with Crippen molar-refractivity contribution in [1.82, 2.24) is 10.2 Å². The number of nitrogens with one attached hydrogen (secondary N) is 1. The Hall–Kier alpha value is -1.83. The molecule has 176 valence electrons. The summed E-state index contributed by atoms with van der Waals surface area (Å²) in [6.45, 7) is 7.38. The van der Waals surface area contributed by atoms with E-state index in [4.69, 9.17) is 21.1 Å². The summed E-state index contributed by atoms with van der Waals surface area (Å²) in [5.41, 5.74) is 2.18. The summed E-state index contributed by atoms with van der Waals surface area (Å²) in [7, 11) is 0. The second kappa shape index (κ2) is 12.4. The van der Waals surface area contributed by atoms with Crippen molar-refractivity contribution in [1.29, 1.82) is 0 Å². The standard InChI is InChI=1S/C25H35ClN2O4/c1-18-3-6-23(7-4-18)31-16-21(29)14-27-20-9-11-28(12-10-20)15-22(30)17-32-24-8-5-19(2)25(26)13-24/h3-8,13,20-22,27,29-30H,9-12,14-17H2,1-2H3/t21-,22+/m0/s1. The quantitative estimate of drug-likeness (QED) is 0.476. The number of ether oxygens (including phenoxy) is 2. The zero-order chi connectivity index (χ0) is 22.9. The van der Waals surface area contributed by atoms with Gasteiger partial charge < -0.3 is 29.9 Å². The summed E-state index contributed by atoms with van der Waals surface area (Å²) in [6, 6.07) is 13.7. The molecule has 0 unspecified atom stereocenters. The molecule has 7 heteroatoms. The third-order valence-corrected chi connectivity index (χ3v) is 6.15. The maximum atomic E-state index is 10.3. The third kappa shape index (κ3) is 8.26. The fourth-order valence-corrected chi connectivity index (χ4v) is 3.89. The van der Waals surface area contributed by atoms with Crippen molar-refractivity contribution in [2.24, 2.45) is 0 Å². The van der Waals surface area contributed by atoms with Gasteiger partial charge in [-0.1, -0.05) is 35.4 Å². The number of benzene rings is 2. The highest BCUT2D eigenvalue weighted by Gasteiger charge is 2.21. The van der Waals surface area contributed by atoms with Crippen molar-refractivity contribution in [3.8, 4) is 11.5 Å². The van der Waals surface area contributed by atoms with E-state index < -0.39 is 12.2 Å². The first kappa shape index (κ1) is 24.8. The molecule has 3 N–H and O–H groups in total. The highest BCUT2D eigenvalue weighted by Crippen LogP contribution is 2.22. The average Bonchev–Trinajstić information content (AvgIpc) is 2.79. The van der Waals surface area contributed by atoms with E-state index in [0.29, 0.717) is 29.9 Å². The number of aliphatic hydroxyl groups is 2. The molecule has 1 saturated heterocycles. The van der Waals surface area contributed by atoms with Gasteiger partial charge in [-0.2, -0.15) is 0 Å². The molecule has 32 heavy (non-hydrogen) atoms. The number of piperidine rings is 1. The Labute approximate surface area is 196 Å². The number of rotatable bonds is 11. The largest absolute Gasteiger partial charge is 0.491 e.